The predicted octanol–water partition coefficient (Wildman–Crippen LogP) is 3.11. The van der Waals surface area contributed by atoms with E-state index in [1.54, 1.807) is 0 Å². The largest absolute Gasteiger partial charge is 0.478 e. The van der Waals surface area contributed by atoms with Crippen LogP contribution in [0.3, 0.4) is 0 Å². The molecule has 0 bridgehead atoms. The number of rotatable bonds is 5. The molecule has 0 radical (unpaired) electrons. The highest BCUT2D eigenvalue weighted by Crippen LogP contribution is 2.14. The van der Waals surface area contributed by atoms with Gasteiger partial charge in [0.25, 0.3) is 10.0 Å². The molecule has 2 rings (SSSR count). The van der Waals surface area contributed by atoms with Gasteiger partial charge >= 0.3 is 5.97 Å². The van der Waals surface area contributed by atoms with Crippen molar-refractivity contribution < 1.29 is 18.3 Å². The first-order chi connectivity index (χ1) is 10.4. The zero-order valence-corrected chi connectivity index (χ0v) is 12.7. The normalized spacial score (nSPS) is 11.5. The molecule has 0 amide bonds. The van der Waals surface area contributed by atoms with Crippen molar-refractivity contribution in [3.8, 4) is 0 Å². The number of carbonyl (C=O) groups is 1. The van der Waals surface area contributed by atoms with Gasteiger partial charge in [-0.25, -0.2) is 13.2 Å². The average molecular weight is 317 g/mol. The summed E-state index contributed by atoms with van der Waals surface area (Å²) in [4.78, 5) is 10.9. The highest BCUT2D eigenvalue weighted by molar-refractivity contribution is 7.95. The van der Waals surface area contributed by atoms with Gasteiger partial charge in [0.2, 0.25) is 0 Å². The summed E-state index contributed by atoms with van der Waals surface area (Å²) in [6.07, 6.45) is 1.48. The van der Waals surface area contributed by atoms with E-state index < -0.39 is 16.0 Å². The molecule has 22 heavy (non-hydrogen) atoms. The summed E-state index contributed by atoms with van der Waals surface area (Å²) >= 11 is 0. The predicted molar refractivity (Wildman–Crippen MR) is 86.2 cm³/mol. The smallest absolute Gasteiger partial charge is 0.335 e. The topological polar surface area (TPSA) is 83.5 Å². The number of hydrogen-bond donors (Lipinski definition) is 2. The summed E-state index contributed by atoms with van der Waals surface area (Å²) in [5.74, 6) is -1.11. The quantitative estimate of drug-likeness (QED) is 0.887. The second-order valence-corrected chi connectivity index (χ2v) is 6.31. The third kappa shape index (κ3) is 4.46. The molecule has 0 aliphatic rings. The molecule has 0 atom stereocenters. The lowest BCUT2D eigenvalue weighted by molar-refractivity contribution is 0.0697. The van der Waals surface area contributed by atoms with Gasteiger partial charge < -0.3 is 5.11 Å². The SMILES string of the molecule is Cc1ccc(C=CS(=O)(=O)Nc2cccc(C(=O)O)c2)cc1. The zero-order chi connectivity index (χ0) is 16.2. The van der Waals surface area contributed by atoms with Crippen LogP contribution in [0.4, 0.5) is 5.69 Å². The number of aromatic carboxylic acids is 1. The van der Waals surface area contributed by atoms with E-state index in [1.165, 1.54) is 30.3 Å². The molecular formula is C16H15NO4S. The maximum absolute atomic E-state index is 12.0. The molecule has 6 heteroatoms. The van der Waals surface area contributed by atoms with E-state index in [-0.39, 0.29) is 11.3 Å². The summed E-state index contributed by atoms with van der Waals surface area (Å²) in [6, 6.07) is 13.0. The van der Waals surface area contributed by atoms with Crippen molar-refractivity contribution in [1.29, 1.82) is 0 Å². The second-order valence-electron chi connectivity index (χ2n) is 4.75. The van der Waals surface area contributed by atoms with Gasteiger partial charge in [-0.2, -0.15) is 0 Å². The Balaban J connectivity index is 2.15. The zero-order valence-electron chi connectivity index (χ0n) is 11.9. The number of carboxylic acid groups (broad SMARTS) is 1. The van der Waals surface area contributed by atoms with Crippen LogP contribution in [0.15, 0.2) is 53.9 Å². The van der Waals surface area contributed by atoms with Gasteiger partial charge in [0.1, 0.15) is 0 Å². The Hall–Kier alpha value is -2.60. The molecule has 2 aromatic carbocycles. The Kier molecular flexibility index (Phi) is 4.62. The third-order valence-corrected chi connectivity index (χ3v) is 3.90. The molecule has 114 valence electrons. The second kappa shape index (κ2) is 6.44. The fourth-order valence-electron chi connectivity index (χ4n) is 1.76. The van der Waals surface area contributed by atoms with Crippen LogP contribution in [0.5, 0.6) is 0 Å². The molecule has 0 unspecified atom stereocenters. The van der Waals surface area contributed by atoms with E-state index in [1.807, 2.05) is 31.2 Å². The summed E-state index contributed by atoms with van der Waals surface area (Å²) in [5, 5.41) is 9.94. The summed E-state index contributed by atoms with van der Waals surface area (Å²) in [6.45, 7) is 1.95. The average Bonchev–Trinajstić information content (AvgIpc) is 2.46. The van der Waals surface area contributed by atoms with Crippen LogP contribution in [-0.4, -0.2) is 19.5 Å². The number of nitrogens with one attached hydrogen (secondary N) is 1. The molecule has 0 aliphatic carbocycles. The van der Waals surface area contributed by atoms with Crippen molar-refractivity contribution >= 4 is 27.8 Å². The van der Waals surface area contributed by atoms with E-state index in [0.29, 0.717) is 0 Å². The van der Waals surface area contributed by atoms with E-state index >= 15 is 0 Å². The fourth-order valence-corrected chi connectivity index (χ4v) is 2.62. The molecule has 0 saturated heterocycles. The van der Waals surface area contributed by atoms with Crippen LogP contribution >= 0.6 is 0 Å². The number of benzene rings is 2. The maximum atomic E-state index is 12.0. The molecule has 2 aromatic rings. The maximum Gasteiger partial charge on any atom is 0.335 e. The van der Waals surface area contributed by atoms with Gasteiger partial charge in [-0.05, 0) is 36.8 Å². The Morgan fingerprint density at radius 3 is 2.45 bits per heavy atom. The molecule has 2 N–H and O–H groups in total. The van der Waals surface area contributed by atoms with Crippen molar-refractivity contribution in [2.75, 3.05) is 4.72 Å². The summed E-state index contributed by atoms with van der Waals surface area (Å²) in [5.41, 5.74) is 2.06. The Morgan fingerprint density at radius 2 is 1.82 bits per heavy atom. The minimum absolute atomic E-state index is 0.0164. The molecule has 0 fully saturated rings. The van der Waals surface area contributed by atoms with E-state index in [9.17, 15) is 13.2 Å². The molecule has 0 aromatic heterocycles. The van der Waals surface area contributed by atoms with Gasteiger partial charge in [-0.3, -0.25) is 4.72 Å². The lowest BCUT2D eigenvalue weighted by Gasteiger charge is -2.05. The Bertz CT molecular complexity index is 808. The minimum Gasteiger partial charge on any atom is -0.478 e. The van der Waals surface area contributed by atoms with Crippen LogP contribution in [-0.2, 0) is 10.0 Å². The minimum atomic E-state index is -3.71. The van der Waals surface area contributed by atoms with Crippen LogP contribution in [0, 0.1) is 6.92 Å². The van der Waals surface area contributed by atoms with Crippen molar-refractivity contribution in [3.05, 3.63) is 70.6 Å². The van der Waals surface area contributed by atoms with Crippen molar-refractivity contribution in [3.63, 3.8) is 0 Å². The highest BCUT2D eigenvalue weighted by Gasteiger charge is 2.08. The van der Waals surface area contributed by atoms with Crippen LogP contribution in [0.25, 0.3) is 6.08 Å². The van der Waals surface area contributed by atoms with Crippen LogP contribution < -0.4 is 4.72 Å². The first-order valence-corrected chi connectivity index (χ1v) is 8.01. The van der Waals surface area contributed by atoms with Crippen molar-refractivity contribution in [2.45, 2.75) is 6.92 Å². The molecule has 5 nitrogen and oxygen atoms in total. The Morgan fingerprint density at radius 1 is 1.14 bits per heavy atom. The number of sulfonamides is 1. The fraction of sp³-hybridized carbons (Fsp3) is 0.0625. The van der Waals surface area contributed by atoms with Gasteiger partial charge in [0, 0.05) is 5.69 Å². The summed E-state index contributed by atoms with van der Waals surface area (Å²) in [7, 11) is -3.71. The Labute approximate surface area is 129 Å². The third-order valence-electron chi connectivity index (χ3n) is 2.89. The molecule has 0 spiro atoms. The first-order valence-electron chi connectivity index (χ1n) is 6.47. The summed E-state index contributed by atoms with van der Waals surface area (Å²) < 4.78 is 26.3. The van der Waals surface area contributed by atoms with E-state index in [2.05, 4.69) is 4.72 Å². The van der Waals surface area contributed by atoms with Gasteiger partial charge in [-0.1, -0.05) is 35.9 Å². The van der Waals surface area contributed by atoms with Crippen LogP contribution in [0.2, 0.25) is 0 Å². The van der Waals surface area contributed by atoms with Gasteiger partial charge in [-0.15, -0.1) is 0 Å². The standard InChI is InChI=1S/C16H15NO4S/c1-12-5-7-13(8-6-12)9-10-22(20,21)17-15-4-2-3-14(11-15)16(18)19/h2-11,17H,1H3,(H,18,19). The molecule has 0 aliphatic heterocycles. The lowest BCUT2D eigenvalue weighted by Crippen LogP contribution is -2.09. The number of carboxylic acids is 1. The van der Waals surface area contributed by atoms with Crippen LogP contribution in [0.1, 0.15) is 21.5 Å². The lowest BCUT2D eigenvalue weighted by atomic mass is 10.2. The van der Waals surface area contributed by atoms with E-state index in [4.69, 9.17) is 5.11 Å². The first kappa shape index (κ1) is 15.8. The molecule has 0 saturated carbocycles. The van der Waals surface area contributed by atoms with Gasteiger partial charge in [0.15, 0.2) is 0 Å². The number of hydrogen-bond acceptors (Lipinski definition) is 3. The molecule has 0 heterocycles. The van der Waals surface area contributed by atoms with E-state index in [0.717, 1.165) is 16.5 Å². The monoisotopic (exact) mass is 317 g/mol. The highest BCUT2D eigenvalue weighted by atomic mass is 32.2. The number of aryl methyl sites for hydroxylation is 1. The van der Waals surface area contributed by atoms with Crippen molar-refractivity contribution in [1.82, 2.24) is 0 Å². The van der Waals surface area contributed by atoms with Crippen molar-refractivity contribution in [2.24, 2.45) is 0 Å². The number of anilines is 1. The molecular weight excluding hydrogens is 302 g/mol. The van der Waals surface area contributed by atoms with Gasteiger partial charge in [0.05, 0.1) is 11.0 Å².